The number of methoxy groups -OCH3 is 1. The lowest BCUT2D eigenvalue weighted by Gasteiger charge is -2.04. The molecule has 1 N–H and O–H groups in total. The van der Waals surface area contributed by atoms with Gasteiger partial charge in [-0.05, 0) is 13.0 Å². The molecule has 0 atom stereocenters. The number of thioether (sulfide) groups is 1. The standard InChI is InChI=1S/C15H16N2O7S/c1-9-5-12(17-24-9)16-13(18)7-25-8-14(19)23-6-11-10(3-4-22-11)15(20)21-2/h3-5H,6-8H2,1-2H3,(H,16,17,18). The van der Waals surface area contributed by atoms with Crippen LogP contribution in [0.5, 0.6) is 0 Å². The van der Waals surface area contributed by atoms with Gasteiger partial charge in [0.2, 0.25) is 5.91 Å². The molecule has 2 rings (SSSR count). The number of furan rings is 1. The van der Waals surface area contributed by atoms with Crippen molar-refractivity contribution in [3.8, 4) is 0 Å². The van der Waals surface area contributed by atoms with E-state index in [1.165, 1.54) is 19.4 Å². The van der Waals surface area contributed by atoms with E-state index in [1.54, 1.807) is 13.0 Å². The summed E-state index contributed by atoms with van der Waals surface area (Å²) in [7, 11) is 1.24. The van der Waals surface area contributed by atoms with E-state index in [0.717, 1.165) is 11.8 Å². The summed E-state index contributed by atoms with van der Waals surface area (Å²) in [5, 5.41) is 6.16. The molecule has 10 heteroatoms. The Morgan fingerprint density at radius 3 is 2.80 bits per heavy atom. The Bertz CT molecular complexity index is 753. The second-order valence-electron chi connectivity index (χ2n) is 4.77. The number of carbonyl (C=O) groups is 3. The highest BCUT2D eigenvalue weighted by molar-refractivity contribution is 8.00. The van der Waals surface area contributed by atoms with Gasteiger partial charge < -0.3 is 23.7 Å². The van der Waals surface area contributed by atoms with Gasteiger partial charge in [0.05, 0.1) is 24.9 Å². The Hall–Kier alpha value is -2.75. The topological polar surface area (TPSA) is 121 Å². The lowest BCUT2D eigenvalue weighted by Crippen LogP contribution is -2.16. The minimum atomic E-state index is -0.575. The molecule has 0 aliphatic heterocycles. The lowest BCUT2D eigenvalue weighted by atomic mass is 10.2. The summed E-state index contributed by atoms with van der Waals surface area (Å²) >= 11 is 1.08. The molecule has 0 radical (unpaired) electrons. The highest BCUT2D eigenvalue weighted by Gasteiger charge is 2.17. The molecule has 9 nitrogen and oxygen atoms in total. The summed E-state index contributed by atoms with van der Waals surface area (Å²) < 4.78 is 19.5. The van der Waals surface area contributed by atoms with Crippen LogP contribution in [0.15, 0.2) is 27.3 Å². The fourth-order valence-corrected chi connectivity index (χ4v) is 2.37. The van der Waals surface area contributed by atoms with Crippen LogP contribution < -0.4 is 5.32 Å². The van der Waals surface area contributed by atoms with E-state index in [-0.39, 0.29) is 35.3 Å². The van der Waals surface area contributed by atoms with Crippen molar-refractivity contribution >= 4 is 35.4 Å². The minimum absolute atomic E-state index is 0.0282. The molecule has 0 saturated carbocycles. The molecule has 0 unspecified atom stereocenters. The first-order chi connectivity index (χ1) is 12.0. The van der Waals surface area contributed by atoms with Gasteiger partial charge in [-0.3, -0.25) is 9.59 Å². The number of nitrogens with zero attached hydrogens (tertiary/aromatic N) is 1. The van der Waals surface area contributed by atoms with Crippen molar-refractivity contribution in [2.24, 2.45) is 0 Å². The number of rotatable bonds is 8. The van der Waals surface area contributed by atoms with Crippen LogP contribution >= 0.6 is 11.8 Å². The van der Waals surface area contributed by atoms with Gasteiger partial charge in [0, 0.05) is 6.07 Å². The molecule has 0 bridgehead atoms. The zero-order valence-corrected chi connectivity index (χ0v) is 14.4. The quantitative estimate of drug-likeness (QED) is 0.695. The van der Waals surface area contributed by atoms with Gasteiger partial charge in [0.1, 0.15) is 17.9 Å². The highest BCUT2D eigenvalue weighted by Crippen LogP contribution is 2.14. The molecule has 2 aromatic heterocycles. The monoisotopic (exact) mass is 368 g/mol. The fraction of sp³-hybridized carbons (Fsp3) is 0.333. The van der Waals surface area contributed by atoms with Crippen LogP contribution in [0.1, 0.15) is 21.9 Å². The first-order valence-electron chi connectivity index (χ1n) is 7.11. The number of nitrogens with one attached hydrogen (secondary N) is 1. The molecule has 2 heterocycles. The van der Waals surface area contributed by atoms with E-state index >= 15 is 0 Å². The third-order valence-corrected chi connectivity index (χ3v) is 3.77. The molecule has 0 saturated heterocycles. The second kappa shape index (κ2) is 8.92. The number of carbonyl (C=O) groups excluding carboxylic acids is 3. The molecule has 0 aromatic carbocycles. The molecular formula is C15H16N2O7S. The summed E-state index contributed by atoms with van der Waals surface area (Å²) in [6.07, 6.45) is 1.31. The fourth-order valence-electron chi connectivity index (χ4n) is 1.76. The maximum absolute atomic E-state index is 11.7. The van der Waals surface area contributed by atoms with E-state index < -0.39 is 11.9 Å². The number of esters is 2. The van der Waals surface area contributed by atoms with E-state index in [4.69, 9.17) is 13.7 Å². The Kier molecular flexibility index (Phi) is 6.63. The summed E-state index contributed by atoms with van der Waals surface area (Å²) in [5.41, 5.74) is 0.199. The Balaban J connectivity index is 1.68. The van der Waals surface area contributed by atoms with Crippen molar-refractivity contribution in [2.45, 2.75) is 13.5 Å². The minimum Gasteiger partial charge on any atom is -0.465 e. The predicted octanol–water partition coefficient (Wildman–Crippen LogP) is 1.78. The molecule has 2 aromatic rings. The van der Waals surface area contributed by atoms with E-state index in [2.05, 4.69) is 15.2 Å². The molecule has 25 heavy (non-hydrogen) atoms. The summed E-state index contributed by atoms with van der Waals surface area (Å²) in [6.45, 7) is 1.51. The molecule has 134 valence electrons. The van der Waals surface area contributed by atoms with Crippen molar-refractivity contribution in [3.05, 3.63) is 35.5 Å². The Labute approximate surface area is 147 Å². The number of anilines is 1. The van der Waals surface area contributed by atoms with E-state index in [0.29, 0.717) is 11.6 Å². The Morgan fingerprint density at radius 1 is 1.32 bits per heavy atom. The van der Waals surface area contributed by atoms with E-state index in [1.807, 2.05) is 0 Å². The van der Waals surface area contributed by atoms with Crippen molar-refractivity contribution in [1.29, 1.82) is 0 Å². The maximum Gasteiger partial charge on any atom is 0.341 e. The molecule has 1 amide bonds. The number of amides is 1. The van der Waals surface area contributed by atoms with Crippen LogP contribution in [0.3, 0.4) is 0 Å². The van der Waals surface area contributed by atoms with Crippen LogP contribution in [0, 0.1) is 6.92 Å². The second-order valence-corrected chi connectivity index (χ2v) is 5.76. The third-order valence-electron chi connectivity index (χ3n) is 2.86. The van der Waals surface area contributed by atoms with Gasteiger partial charge in [-0.25, -0.2) is 4.79 Å². The summed E-state index contributed by atoms with van der Waals surface area (Å²) in [5.74, 6) is -0.311. The number of aromatic nitrogens is 1. The van der Waals surface area contributed by atoms with Gasteiger partial charge in [0.25, 0.3) is 0 Å². The lowest BCUT2D eigenvalue weighted by molar-refractivity contribution is -0.142. The van der Waals surface area contributed by atoms with Gasteiger partial charge >= 0.3 is 11.9 Å². The molecule has 0 aliphatic carbocycles. The van der Waals surface area contributed by atoms with Gasteiger partial charge in [-0.2, -0.15) is 0 Å². The molecule has 0 spiro atoms. The van der Waals surface area contributed by atoms with Crippen LogP contribution in [0.25, 0.3) is 0 Å². The van der Waals surface area contributed by atoms with Crippen LogP contribution in [0.4, 0.5) is 5.82 Å². The smallest absolute Gasteiger partial charge is 0.341 e. The van der Waals surface area contributed by atoms with Crippen LogP contribution in [-0.4, -0.2) is 41.6 Å². The third kappa shape index (κ3) is 5.68. The molecule has 0 aliphatic rings. The average Bonchev–Trinajstić information content (AvgIpc) is 3.21. The van der Waals surface area contributed by atoms with E-state index in [9.17, 15) is 14.4 Å². The van der Waals surface area contributed by atoms with Crippen molar-refractivity contribution in [1.82, 2.24) is 5.16 Å². The normalized spacial score (nSPS) is 10.3. The SMILES string of the molecule is COC(=O)c1ccoc1COC(=O)CSCC(=O)Nc1cc(C)on1. The molecular weight excluding hydrogens is 352 g/mol. The zero-order valence-electron chi connectivity index (χ0n) is 13.6. The number of aryl methyl sites for hydroxylation is 1. The number of hydrogen-bond acceptors (Lipinski definition) is 9. The summed E-state index contributed by atoms with van der Waals surface area (Å²) in [4.78, 5) is 34.8. The van der Waals surface area contributed by atoms with Crippen molar-refractivity contribution in [2.75, 3.05) is 23.9 Å². The highest BCUT2D eigenvalue weighted by atomic mass is 32.2. The number of ether oxygens (including phenoxy) is 2. The van der Waals surface area contributed by atoms with Crippen molar-refractivity contribution in [3.63, 3.8) is 0 Å². The largest absolute Gasteiger partial charge is 0.465 e. The van der Waals surface area contributed by atoms with Crippen LogP contribution in [0.2, 0.25) is 0 Å². The molecule has 0 fully saturated rings. The predicted molar refractivity (Wildman–Crippen MR) is 87.0 cm³/mol. The van der Waals surface area contributed by atoms with Crippen molar-refractivity contribution < 1.29 is 32.8 Å². The van der Waals surface area contributed by atoms with Crippen LogP contribution in [-0.2, 0) is 25.7 Å². The van der Waals surface area contributed by atoms with Gasteiger partial charge in [-0.15, -0.1) is 11.8 Å². The average molecular weight is 368 g/mol. The first-order valence-corrected chi connectivity index (χ1v) is 8.26. The first kappa shape index (κ1) is 18.6. The van der Waals surface area contributed by atoms with Gasteiger partial charge in [-0.1, -0.05) is 5.16 Å². The Morgan fingerprint density at radius 2 is 2.12 bits per heavy atom. The zero-order chi connectivity index (χ0) is 18.2. The maximum atomic E-state index is 11.7. The summed E-state index contributed by atoms with van der Waals surface area (Å²) in [6, 6.07) is 3.01. The van der Waals surface area contributed by atoms with Gasteiger partial charge in [0.15, 0.2) is 11.6 Å². The number of hydrogen-bond donors (Lipinski definition) is 1.